The average Bonchev–Trinajstić information content (AvgIpc) is 2.40. The molecule has 4 nitrogen and oxygen atoms in total. The van der Waals surface area contributed by atoms with Crippen LogP contribution in [0.1, 0.15) is 12.1 Å². The van der Waals surface area contributed by atoms with Crippen molar-refractivity contribution in [3.8, 4) is 0 Å². The Labute approximate surface area is 105 Å². The predicted molar refractivity (Wildman–Crippen MR) is 71.6 cm³/mol. The molecule has 0 aliphatic carbocycles. The SMILES string of the molecule is C=CCn1c(=O)c(CCCO)nc2ccccc21. The van der Waals surface area contributed by atoms with E-state index >= 15 is 0 Å². The number of hydrogen-bond donors (Lipinski definition) is 1. The molecule has 0 fully saturated rings. The summed E-state index contributed by atoms with van der Waals surface area (Å²) in [5.41, 5.74) is 2.02. The Kier molecular flexibility index (Phi) is 3.89. The van der Waals surface area contributed by atoms with Gasteiger partial charge in [0.1, 0.15) is 5.69 Å². The molecule has 0 saturated heterocycles. The summed E-state index contributed by atoms with van der Waals surface area (Å²) in [5, 5.41) is 8.85. The van der Waals surface area contributed by atoms with Crippen LogP contribution in [0.15, 0.2) is 41.7 Å². The number of aliphatic hydroxyl groups is 1. The molecule has 0 aliphatic heterocycles. The second kappa shape index (κ2) is 5.60. The molecule has 0 unspecified atom stereocenters. The average molecular weight is 244 g/mol. The van der Waals surface area contributed by atoms with Crippen molar-refractivity contribution in [3.05, 3.63) is 53.0 Å². The lowest BCUT2D eigenvalue weighted by atomic mass is 10.2. The lowest BCUT2D eigenvalue weighted by molar-refractivity contribution is 0.288. The molecule has 0 spiro atoms. The van der Waals surface area contributed by atoms with Crippen LogP contribution in [0.25, 0.3) is 11.0 Å². The third-order valence-electron chi connectivity index (χ3n) is 2.80. The molecule has 0 saturated carbocycles. The molecule has 1 aromatic carbocycles. The maximum Gasteiger partial charge on any atom is 0.273 e. The normalized spacial score (nSPS) is 10.7. The van der Waals surface area contributed by atoms with Gasteiger partial charge in [-0.1, -0.05) is 18.2 Å². The molecule has 0 bridgehead atoms. The third-order valence-corrected chi connectivity index (χ3v) is 2.80. The first kappa shape index (κ1) is 12.5. The smallest absolute Gasteiger partial charge is 0.273 e. The zero-order valence-electron chi connectivity index (χ0n) is 10.2. The summed E-state index contributed by atoms with van der Waals surface area (Å²) in [6.45, 7) is 4.21. The Morgan fingerprint density at radius 2 is 2.17 bits per heavy atom. The van der Waals surface area contributed by atoms with E-state index in [1.165, 1.54) is 0 Å². The summed E-state index contributed by atoms with van der Waals surface area (Å²) >= 11 is 0. The van der Waals surface area contributed by atoms with Crippen molar-refractivity contribution in [1.82, 2.24) is 9.55 Å². The molecular formula is C14H16N2O2. The minimum atomic E-state index is -0.0953. The minimum Gasteiger partial charge on any atom is -0.396 e. The van der Waals surface area contributed by atoms with Gasteiger partial charge in [0.25, 0.3) is 5.56 Å². The van der Waals surface area contributed by atoms with Gasteiger partial charge in [0, 0.05) is 13.2 Å². The molecular weight excluding hydrogens is 228 g/mol. The zero-order valence-corrected chi connectivity index (χ0v) is 10.2. The van der Waals surface area contributed by atoms with E-state index in [-0.39, 0.29) is 12.2 Å². The van der Waals surface area contributed by atoms with Crippen LogP contribution in [0.4, 0.5) is 0 Å². The van der Waals surface area contributed by atoms with E-state index in [1.807, 2.05) is 24.3 Å². The first-order chi connectivity index (χ1) is 8.77. The van der Waals surface area contributed by atoms with Crippen LogP contribution in [-0.2, 0) is 13.0 Å². The van der Waals surface area contributed by atoms with Gasteiger partial charge < -0.3 is 9.67 Å². The molecule has 1 N–H and O–H groups in total. The lowest BCUT2D eigenvalue weighted by Gasteiger charge is -2.10. The van der Waals surface area contributed by atoms with Crippen LogP contribution in [0.2, 0.25) is 0 Å². The Bertz CT molecular complexity index is 617. The van der Waals surface area contributed by atoms with E-state index in [1.54, 1.807) is 10.6 Å². The van der Waals surface area contributed by atoms with E-state index in [2.05, 4.69) is 11.6 Å². The van der Waals surface area contributed by atoms with Gasteiger partial charge in [-0.05, 0) is 25.0 Å². The topological polar surface area (TPSA) is 55.1 Å². The molecule has 18 heavy (non-hydrogen) atoms. The number of nitrogens with zero attached hydrogens (tertiary/aromatic N) is 2. The van der Waals surface area contributed by atoms with Crippen molar-refractivity contribution in [1.29, 1.82) is 0 Å². The summed E-state index contributed by atoms with van der Waals surface area (Å²) in [7, 11) is 0. The fourth-order valence-corrected chi connectivity index (χ4v) is 1.97. The van der Waals surface area contributed by atoms with Crippen LogP contribution in [0, 0.1) is 0 Å². The number of para-hydroxylation sites is 2. The second-order valence-electron chi connectivity index (χ2n) is 4.08. The molecule has 2 aromatic rings. The maximum absolute atomic E-state index is 12.2. The number of hydrogen-bond acceptors (Lipinski definition) is 3. The van der Waals surface area contributed by atoms with Gasteiger partial charge in [-0.2, -0.15) is 0 Å². The summed E-state index contributed by atoms with van der Waals surface area (Å²) < 4.78 is 1.67. The van der Waals surface area contributed by atoms with Gasteiger partial charge in [-0.25, -0.2) is 4.98 Å². The van der Waals surface area contributed by atoms with Gasteiger partial charge in [0.15, 0.2) is 0 Å². The van der Waals surface area contributed by atoms with Crippen LogP contribution in [0.3, 0.4) is 0 Å². The van der Waals surface area contributed by atoms with Crippen LogP contribution in [0.5, 0.6) is 0 Å². The highest BCUT2D eigenvalue weighted by molar-refractivity contribution is 5.74. The molecule has 1 heterocycles. The first-order valence-electron chi connectivity index (χ1n) is 5.98. The van der Waals surface area contributed by atoms with Crippen molar-refractivity contribution in [2.45, 2.75) is 19.4 Å². The number of aryl methyl sites for hydroxylation is 1. The highest BCUT2D eigenvalue weighted by atomic mass is 16.2. The highest BCUT2D eigenvalue weighted by Gasteiger charge is 2.09. The van der Waals surface area contributed by atoms with Crippen molar-refractivity contribution in [2.75, 3.05) is 6.61 Å². The number of aliphatic hydroxyl groups excluding tert-OH is 1. The van der Waals surface area contributed by atoms with E-state index in [0.717, 1.165) is 11.0 Å². The Morgan fingerprint density at radius 3 is 2.89 bits per heavy atom. The van der Waals surface area contributed by atoms with Gasteiger partial charge in [-0.15, -0.1) is 6.58 Å². The fourth-order valence-electron chi connectivity index (χ4n) is 1.97. The summed E-state index contributed by atoms with van der Waals surface area (Å²) in [6, 6.07) is 7.55. The number of rotatable bonds is 5. The van der Waals surface area contributed by atoms with Gasteiger partial charge in [0.05, 0.1) is 11.0 Å². The monoisotopic (exact) mass is 244 g/mol. The first-order valence-corrected chi connectivity index (χ1v) is 5.98. The fraction of sp³-hybridized carbons (Fsp3) is 0.286. The van der Waals surface area contributed by atoms with E-state index < -0.39 is 0 Å². The molecule has 2 rings (SSSR count). The Morgan fingerprint density at radius 1 is 1.39 bits per heavy atom. The predicted octanol–water partition coefficient (Wildman–Crippen LogP) is 1.51. The summed E-state index contributed by atoms with van der Waals surface area (Å²) in [5.74, 6) is 0. The number of fused-ring (bicyclic) bond motifs is 1. The van der Waals surface area contributed by atoms with Gasteiger partial charge >= 0.3 is 0 Å². The van der Waals surface area contributed by atoms with Gasteiger partial charge in [-0.3, -0.25) is 4.79 Å². The van der Waals surface area contributed by atoms with Crippen molar-refractivity contribution >= 4 is 11.0 Å². The Hall–Kier alpha value is -1.94. The second-order valence-corrected chi connectivity index (χ2v) is 4.08. The largest absolute Gasteiger partial charge is 0.396 e. The number of allylic oxidation sites excluding steroid dienone is 1. The molecule has 94 valence electrons. The quantitative estimate of drug-likeness (QED) is 0.811. The standard InChI is InChI=1S/C14H16N2O2/c1-2-9-16-13-8-4-3-6-11(13)15-12(14(16)18)7-5-10-17/h2-4,6,8,17H,1,5,7,9-10H2. The number of benzene rings is 1. The third kappa shape index (κ3) is 2.33. The van der Waals surface area contributed by atoms with Gasteiger partial charge in [0.2, 0.25) is 0 Å². The molecule has 0 amide bonds. The number of aromatic nitrogens is 2. The van der Waals surface area contributed by atoms with Crippen molar-refractivity contribution < 1.29 is 5.11 Å². The molecule has 0 radical (unpaired) electrons. The van der Waals surface area contributed by atoms with E-state index in [9.17, 15) is 4.79 Å². The molecule has 4 heteroatoms. The van der Waals surface area contributed by atoms with Crippen molar-refractivity contribution in [2.24, 2.45) is 0 Å². The van der Waals surface area contributed by atoms with Crippen LogP contribution < -0.4 is 5.56 Å². The highest BCUT2D eigenvalue weighted by Crippen LogP contribution is 2.10. The summed E-state index contributed by atoms with van der Waals surface area (Å²) in [4.78, 5) is 16.6. The van der Waals surface area contributed by atoms with E-state index in [0.29, 0.717) is 25.1 Å². The molecule has 1 aromatic heterocycles. The lowest BCUT2D eigenvalue weighted by Crippen LogP contribution is -2.25. The van der Waals surface area contributed by atoms with Crippen LogP contribution >= 0.6 is 0 Å². The minimum absolute atomic E-state index is 0.0649. The van der Waals surface area contributed by atoms with Crippen LogP contribution in [-0.4, -0.2) is 21.3 Å². The Balaban J connectivity index is 2.63. The molecule has 0 atom stereocenters. The maximum atomic E-state index is 12.2. The summed E-state index contributed by atoms with van der Waals surface area (Å²) in [6.07, 6.45) is 2.75. The van der Waals surface area contributed by atoms with E-state index in [4.69, 9.17) is 5.11 Å². The molecule has 0 aliphatic rings. The zero-order chi connectivity index (χ0) is 13.0. The van der Waals surface area contributed by atoms with Crippen molar-refractivity contribution in [3.63, 3.8) is 0 Å².